The lowest BCUT2D eigenvalue weighted by molar-refractivity contribution is 0.581. The summed E-state index contributed by atoms with van der Waals surface area (Å²) in [5.74, 6) is 0. The Morgan fingerprint density at radius 3 is 2.62 bits per heavy atom. The van der Waals surface area contributed by atoms with Crippen molar-refractivity contribution >= 4 is 44.3 Å². The fourth-order valence-corrected chi connectivity index (χ4v) is 4.95. The molecule has 2 heterocycles. The molecule has 0 fully saturated rings. The van der Waals surface area contributed by atoms with Crippen molar-refractivity contribution in [3.8, 4) is 0 Å². The van der Waals surface area contributed by atoms with Crippen molar-refractivity contribution in [2.75, 3.05) is 0 Å². The lowest BCUT2D eigenvalue weighted by atomic mass is 10.4. The van der Waals surface area contributed by atoms with Gasteiger partial charge in [-0.2, -0.15) is 0 Å². The molecule has 0 bridgehead atoms. The van der Waals surface area contributed by atoms with Crippen LogP contribution in [0, 0.1) is 0 Å². The Labute approximate surface area is 138 Å². The zero-order valence-corrected chi connectivity index (χ0v) is 14.9. The van der Waals surface area contributed by atoms with Crippen LogP contribution in [0.25, 0.3) is 0 Å². The van der Waals surface area contributed by atoms with Crippen molar-refractivity contribution in [1.29, 1.82) is 0 Å². The molecule has 0 aliphatic carbocycles. The second-order valence-corrected chi connectivity index (χ2v) is 9.38. The highest BCUT2D eigenvalue weighted by molar-refractivity contribution is 7.89. The summed E-state index contributed by atoms with van der Waals surface area (Å²) in [7, 11) is -3.47. The average molecular weight is 365 g/mol. The molecule has 2 rings (SSSR count). The van der Waals surface area contributed by atoms with Gasteiger partial charge in [-0.25, -0.2) is 13.1 Å². The molecule has 21 heavy (non-hydrogen) atoms. The third kappa shape index (κ3) is 5.05. The van der Waals surface area contributed by atoms with Crippen molar-refractivity contribution < 1.29 is 8.42 Å². The van der Waals surface area contributed by atoms with Gasteiger partial charge in [-0.3, -0.25) is 0 Å². The SMILES string of the molecule is CC(C)NCc1cc(S(=O)(=O)NCc2ccc(Cl)s2)cs1. The number of sulfonamides is 1. The van der Waals surface area contributed by atoms with E-state index in [9.17, 15) is 8.42 Å². The van der Waals surface area contributed by atoms with Crippen molar-refractivity contribution in [2.45, 2.75) is 37.9 Å². The van der Waals surface area contributed by atoms with E-state index in [-0.39, 0.29) is 6.54 Å². The minimum Gasteiger partial charge on any atom is -0.310 e. The molecule has 0 saturated carbocycles. The minimum absolute atomic E-state index is 0.259. The monoisotopic (exact) mass is 364 g/mol. The second-order valence-electron chi connectivity index (χ2n) is 4.81. The Morgan fingerprint density at radius 2 is 2.00 bits per heavy atom. The maximum atomic E-state index is 12.2. The first-order valence-electron chi connectivity index (χ1n) is 6.41. The van der Waals surface area contributed by atoms with E-state index in [1.54, 1.807) is 17.5 Å². The number of nitrogens with one attached hydrogen (secondary N) is 2. The van der Waals surface area contributed by atoms with Crippen LogP contribution < -0.4 is 10.0 Å². The Kier molecular flexibility index (Phi) is 5.81. The van der Waals surface area contributed by atoms with Crippen LogP contribution in [-0.4, -0.2) is 14.5 Å². The molecule has 0 unspecified atom stereocenters. The molecule has 0 aromatic carbocycles. The number of hydrogen-bond donors (Lipinski definition) is 2. The topological polar surface area (TPSA) is 58.2 Å². The molecule has 0 saturated heterocycles. The summed E-state index contributed by atoms with van der Waals surface area (Å²) in [6.45, 7) is 5.05. The van der Waals surface area contributed by atoms with Crippen LogP contribution >= 0.6 is 34.3 Å². The quantitative estimate of drug-likeness (QED) is 0.791. The first-order chi connectivity index (χ1) is 9.87. The maximum Gasteiger partial charge on any atom is 0.241 e. The van der Waals surface area contributed by atoms with Gasteiger partial charge in [0.05, 0.1) is 9.23 Å². The normalized spacial score (nSPS) is 12.2. The molecule has 8 heteroatoms. The number of rotatable bonds is 7. The predicted molar refractivity (Wildman–Crippen MR) is 89.6 cm³/mol. The van der Waals surface area contributed by atoms with Crippen molar-refractivity contribution in [3.63, 3.8) is 0 Å². The largest absolute Gasteiger partial charge is 0.310 e. The van der Waals surface area contributed by atoms with E-state index in [0.717, 1.165) is 9.75 Å². The molecule has 2 aromatic heterocycles. The summed E-state index contributed by atoms with van der Waals surface area (Å²) in [5, 5.41) is 4.94. The molecular weight excluding hydrogens is 348 g/mol. The molecule has 0 aliphatic heterocycles. The van der Waals surface area contributed by atoms with E-state index in [2.05, 4.69) is 23.9 Å². The van der Waals surface area contributed by atoms with E-state index < -0.39 is 10.0 Å². The predicted octanol–water partition coefficient (Wildman–Crippen LogP) is 3.44. The van der Waals surface area contributed by atoms with E-state index in [4.69, 9.17) is 11.6 Å². The van der Waals surface area contributed by atoms with Crippen LogP contribution in [0.5, 0.6) is 0 Å². The maximum absolute atomic E-state index is 12.2. The Balaban J connectivity index is 1.99. The zero-order chi connectivity index (χ0) is 15.5. The van der Waals surface area contributed by atoms with Gasteiger partial charge in [0, 0.05) is 34.3 Å². The Morgan fingerprint density at radius 1 is 1.24 bits per heavy atom. The highest BCUT2D eigenvalue weighted by atomic mass is 35.5. The van der Waals surface area contributed by atoms with Crippen LogP contribution in [0.3, 0.4) is 0 Å². The van der Waals surface area contributed by atoms with Crippen molar-refractivity contribution in [1.82, 2.24) is 10.0 Å². The smallest absolute Gasteiger partial charge is 0.241 e. The number of thiophene rings is 2. The van der Waals surface area contributed by atoms with Gasteiger partial charge in [0.15, 0.2) is 0 Å². The third-order valence-electron chi connectivity index (χ3n) is 2.69. The van der Waals surface area contributed by atoms with Crippen molar-refractivity contribution in [3.05, 3.63) is 37.7 Å². The lowest BCUT2D eigenvalue weighted by Gasteiger charge is -2.05. The van der Waals surface area contributed by atoms with Gasteiger partial charge in [0.2, 0.25) is 10.0 Å². The van der Waals surface area contributed by atoms with Crippen LogP contribution in [-0.2, 0) is 23.1 Å². The third-order valence-corrected chi connectivity index (χ3v) is 6.39. The van der Waals surface area contributed by atoms with Gasteiger partial charge < -0.3 is 5.32 Å². The average Bonchev–Trinajstić information content (AvgIpc) is 3.03. The molecule has 0 spiro atoms. The molecule has 116 valence electrons. The van der Waals surface area contributed by atoms with Crippen LogP contribution in [0.4, 0.5) is 0 Å². The lowest BCUT2D eigenvalue weighted by Crippen LogP contribution is -2.22. The van der Waals surface area contributed by atoms with Crippen LogP contribution in [0.2, 0.25) is 4.34 Å². The highest BCUT2D eigenvalue weighted by Crippen LogP contribution is 2.23. The molecule has 0 radical (unpaired) electrons. The second kappa shape index (κ2) is 7.21. The molecule has 0 atom stereocenters. The van der Waals surface area contributed by atoms with Gasteiger partial charge in [-0.05, 0) is 18.2 Å². The van der Waals surface area contributed by atoms with E-state index >= 15 is 0 Å². The first kappa shape index (κ1) is 16.9. The van der Waals surface area contributed by atoms with Crippen LogP contribution in [0.15, 0.2) is 28.5 Å². The summed E-state index contributed by atoms with van der Waals surface area (Å²) in [6, 6.07) is 5.66. The zero-order valence-electron chi connectivity index (χ0n) is 11.7. The van der Waals surface area contributed by atoms with E-state index in [1.807, 2.05) is 6.07 Å². The molecule has 2 N–H and O–H groups in total. The summed E-state index contributed by atoms with van der Waals surface area (Å²) in [6.07, 6.45) is 0. The fourth-order valence-electron chi connectivity index (χ4n) is 1.60. The summed E-state index contributed by atoms with van der Waals surface area (Å²) in [5.41, 5.74) is 0. The Hall–Kier alpha value is -0.440. The first-order valence-corrected chi connectivity index (χ1v) is 9.97. The number of halogens is 1. The van der Waals surface area contributed by atoms with Gasteiger partial charge in [0.25, 0.3) is 0 Å². The summed E-state index contributed by atoms with van der Waals surface area (Å²) < 4.78 is 27.7. The van der Waals surface area contributed by atoms with Gasteiger partial charge in [-0.15, -0.1) is 22.7 Å². The summed E-state index contributed by atoms with van der Waals surface area (Å²) in [4.78, 5) is 2.21. The minimum atomic E-state index is -3.47. The van der Waals surface area contributed by atoms with Gasteiger partial charge in [0.1, 0.15) is 0 Å². The molecule has 0 aliphatic rings. The Bertz CT molecular complexity index is 692. The highest BCUT2D eigenvalue weighted by Gasteiger charge is 2.16. The van der Waals surface area contributed by atoms with Crippen LogP contribution in [0.1, 0.15) is 23.6 Å². The van der Waals surface area contributed by atoms with Gasteiger partial charge in [-0.1, -0.05) is 25.4 Å². The van der Waals surface area contributed by atoms with E-state index in [0.29, 0.717) is 21.8 Å². The van der Waals surface area contributed by atoms with E-state index in [1.165, 1.54) is 22.7 Å². The molecule has 4 nitrogen and oxygen atoms in total. The fraction of sp³-hybridized carbons (Fsp3) is 0.385. The summed E-state index contributed by atoms with van der Waals surface area (Å²) >= 11 is 8.64. The standard InChI is InChI=1S/C13H17ClN2O2S3/c1-9(2)15-6-11-5-12(8-19-11)21(17,18)16-7-10-3-4-13(14)20-10/h3-5,8-9,15-16H,6-7H2,1-2H3. The van der Waals surface area contributed by atoms with Crippen molar-refractivity contribution in [2.24, 2.45) is 0 Å². The molecular formula is C13H17ClN2O2S3. The number of hydrogen-bond acceptors (Lipinski definition) is 5. The van der Waals surface area contributed by atoms with Gasteiger partial charge >= 0.3 is 0 Å². The molecule has 0 amide bonds. The molecule has 2 aromatic rings.